The van der Waals surface area contributed by atoms with Gasteiger partial charge in [-0.15, -0.1) is 11.3 Å². The molecule has 174 valence electrons. The van der Waals surface area contributed by atoms with Crippen molar-refractivity contribution in [3.8, 4) is 0 Å². The molecule has 2 aliphatic heterocycles. The predicted octanol–water partition coefficient (Wildman–Crippen LogP) is 3.66. The van der Waals surface area contributed by atoms with Crippen LogP contribution in [0.5, 0.6) is 0 Å². The number of carbonyl (C=O) groups is 3. The Morgan fingerprint density at radius 3 is 2.47 bits per heavy atom. The van der Waals surface area contributed by atoms with E-state index in [0.29, 0.717) is 40.5 Å². The minimum Gasteiger partial charge on any atom is -0.336 e. The fourth-order valence-electron chi connectivity index (χ4n) is 4.39. The lowest BCUT2D eigenvalue weighted by molar-refractivity contribution is -0.116. The third-order valence-corrected chi connectivity index (χ3v) is 6.94. The van der Waals surface area contributed by atoms with E-state index in [0.717, 1.165) is 13.1 Å². The predicted molar refractivity (Wildman–Crippen MR) is 129 cm³/mol. The Kier molecular flexibility index (Phi) is 6.12. The summed E-state index contributed by atoms with van der Waals surface area (Å²) in [7, 11) is 0. The maximum absolute atomic E-state index is 13.6. The largest absolute Gasteiger partial charge is 0.336 e. The summed E-state index contributed by atoms with van der Waals surface area (Å²) in [4.78, 5) is 43.5. The standard InChI is InChI=1S/C25H23FN4O3S/c26-18-6-3-16(4-7-18)21-15-23(31)28-19-14-17(24(32)29-11-9-27-10-12-29)5-8-20(19)30(21)25(33)22-2-1-13-34-22/h1-8,13-14,21,27H,9-12,15H2,(H,28,31). The van der Waals surface area contributed by atoms with E-state index in [2.05, 4.69) is 10.6 Å². The molecular formula is C25H23FN4O3S. The Balaban J connectivity index is 1.58. The maximum atomic E-state index is 13.6. The van der Waals surface area contributed by atoms with Crippen LogP contribution in [-0.4, -0.2) is 48.8 Å². The fraction of sp³-hybridized carbons (Fsp3) is 0.240. The number of hydrogen-bond donors (Lipinski definition) is 2. The first kappa shape index (κ1) is 22.2. The second kappa shape index (κ2) is 9.36. The number of benzene rings is 2. The summed E-state index contributed by atoms with van der Waals surface area (Å²) in [5.41, 5.74) is 2.00. The quantitative estimate of drug-likeness (QED) is 0.602. The summed E-state index contributed by atoms with van der Waals surface area (Å²) in [6, 6.07) is 13.8. The van der Waals surface area contributed by atoms with Gasteiger partial charge >= 0.3 is 0 Å². The van der Waals surface area contributed by atoms with Crippen LogP contribution in [0.2, 0.25) is 0 Å². The van der Waals surface area contributed by atoms with Crippen molar-refractivity contribution in [3.63, 3.8) is 0 Å². The highest BCUT2D eigenvalue weighted by atomic mass is 32.1. The molecule has 0 bridgehead atoms. The average molecular weight is 479 g/mol. The van der Waals surface area contributed by atoms with Crippen molar-refractivity contribution in [1.29, 1.82) is 0 Å². The van der Waals surface area contributed by atoms with Crippen LogP contribution in [0.15, 0.2) is 60.0 Å². The minimum absolute atomic E-state index is 0.00149. The van der Waals surface area contributed by atoms with E-state index < -0.39 is 11.9 Å². The van der Waals surface area contributed by atoms with Gasteiger partial charge in [-0.25, -0.2) is 4.39 Å². The summed E-state index contributed by atoms with van der Waals surface area (Å²) < 4.78 is 13.6. The number of piperazine rings is 1. The number of amides is 3. The third kappa shape index (κ3) is 4.32. The van der Waals surface area contributed by atoms with Crippen molar-refractivity contribution >= 4 is 40.4 Å². The van der Waals surface area contributed by atoms with Gasteiger partial charge in [0.2, 0.25) is 5.91 Å². The average Bonchev–Trinajstić information content (AvgIpc) is 3.35. The van der Waals surface area contributed by atoms with E-state index in [1.165, 1.54) is 23.5 Å². The van der Waals surface area contributed by atoms with Gasteiger partial charge in [-0.3, -0.25) is 19.3 Å². The summed E-state index contributed by atoms with van der Waals surface area (Å²) in [5.74, 6) is -1.06. The van der Waals surface area contributed by atoms with Crippen LogP contribution < -0.4 is 15.5 Å². The lowest BCUT2D eigenvalue weighted by Gasteiger charge is -2.31. The zero-order chi connectivity index (χ0) is 23.7. The molecule has 2 aromatic carbocycles. The number of nitrogens with zero attached hydrogens (tertiary/aromatic N) is 2. The number of thiophene rings is 1. The van der Waals surface area contributed by atoms with Gasteiger partial charge in [0.1, 0.15) is 5.82 Å². The molecule has 0 saturated carbocycles. The van der Waals surface area contributed by atoms with E-state index in [1.54, 1.807) is 52.3 Å². The first-order valence-corrected chi connectivity index (χ1v) is 12.0. The van der Waals surface area contributed by atoms with Crippen molar-refractivity contribution in [2.75, 3.05) is 36.4 Å². The monoisotopic (exact) mass is 478 g/mol. The topological polar surface area (TPSA) is 81.8 Å². The zero-order valence-corrected chi connectivity index (χ0v) is 19.1. The number of nitrogens with one attached hydrogen (secondary N) is 2. The van der Waals surface area contributed by atoms with Gasteiger partial charge in [-0.05, 0) is 47.3 Å². The van der Waals surface area contributed by atoms with Crippen LogP contribution >= 0.6 is 11.3 Å². The number of anilines is 2. The molecule has 3 amide bonds. The Hall–Kier alpha value is -3.56. The number of halogens is 1. The maximum Gasteiger partial charge on any atom is 0.268 e. The molecule has 7 nitrogen and oxygen atoms in total. The summed E-state index contributed by atoms with van der Waals surface area (Å²) in [6.07, 6.45) is -0.00149. The molecule has 5 rings (SSSR count). The van der Waals surface area contributed by atoms with Crippen LogP contribution in [0.3, 0.4) is 0 Å². The van der Waals surface area contributed by atoms with Crippen LogP contribution in [0.4, 0.5) is 15.8 Å². The fourth-order valence-corrected chi connectivity index (χ4v) is 5.05. The molecule has 0 radical (unpaired) electrons. The number of rotatable bonds is 3. The van der Waals surface area contributed by atoms with Crippen molar-refractivity contribution in [1.82, 2.24) is 10.2 Å². The molecule has 3 aromatic rings. The highest BCUT2D eigenvalue weighted by Gasteiger charge is 2.35. The molecule has 3 heterocycles. The van der Waals surface area contributed by atoms with Crippen LogP contribution in [0, 0.1) is 5.82 Å². The van der Waals surface area contributed by atoms with Crippen molar-refractivity contribution < 1.29 is 18.8 Å². The van der Waals surface area contributed by atoms with Gasteiger partial charge < -0.3 is 15.5 Å². The van der Waals surface area contributed by atoms with E-state index in [-0.39, 0.29) is 24.1 Å². The molecule has 2 aliphatic rings. The number of fused-ring (bicyclic) bond motifs is 1. The van der Waals surface area contributed by atoms with Gasteiger partial charge in [0.05, 0.1) is 28.7 Å². The first-order chi connectivity index (χ1) is 16.5. The Morgan fingerprint density at radius 1 is 1.00 bits per heavy atom. The smallest absolute Gasteiger partial charge is 0.268 e. The van der Waals surface area contributed by atoms with E-state index in [4.69, 9.17) is 0 Å². The molecule has 34 heavy (non-hydrogen) atoms. The van der Waals surface area contributed by atoms with Gasteiger partial charge in [-0.2, -0.15) is 0 Å². The number of hydrogen-bond acceptors (Lipinski definition) is 5. The summed E-state index contributed by atoms with van der Waals surface area (Å²) in [6.45, 7) is 2.68. The summed E-state index contributed by atoms with van der Waals surface area (Å²) in [5, 5.41) is 7.92. The Morgan fingerprint density at radius 2 is 1.76 bits per heavy atom. The van der Waals surface area contributed by atoms with Crippen LogP contribution in [0.1, 0.15) is 38.1 Å². The lowest BCUT2D eigenvalue weighted by atomic mass is 10.0. The van der Waals surface area contributed by atoms with Crippen LogP contribution in [-0.2, 0) is 4.79 Å². The molecule has 1 atom stereocenters. The molecule has 1 aromatic heterocycles. The first-order valence-electron chi connectivity index (χ1n) is 11.1. The van der Waals surface area contributed by atoms with Gasteiger partial charge in [0.15, 0.2) is 0 Å². The number of carbonyl (C=O) groups excluding carboxylic acids is 3. The molecule has 1 fully saturated rings. The molecule has 0 aliphatic carbocycles. The Labute approximate surface area is 200 Å². The molecule has 0 spiro atoms. The van der Waals surface area contributed by atoms with Crippen molar-refractivity contribution in [2.45, 2.75) is 12.5 Å². The molecule has 1 saturated heterocycles. The lowest BCUT2D eigenvalue weighted by Crippen LogP contribution is -2.46. The van der Waals surface area contributed by atoms with Gasteiger partial charge in [0.25, 0.3) is 11.8 Å². The molecule has 9 heteroatoms. The van der Waals surface area contributed by atoms with E-state index >= 15 is 0 Å². The van der Waals surface area contributed by atoms with Crippen molar-refractivity contribution in [3.05, 3.63) is 81.8 Å². The third-order valence-electron chi connectivity index (χ3n) is 6.08. The SMILES string of the molecule is O=C1CC(c2ccc(F)cc2)N(C(=O)c2cccs2)c2ccc(C(=O)N3CCNCC3)cc2N1. The molecule has 2 N–H and O–H groups in total. The highest BCUT2D eigenvalue weighted by molar-refractivity contribution is 7.12. The second-order valence-corrected chi connectivity index (χ2v) is 9.19. The second-order valence-electron chi connectivity index (χ2n) is 8.25. The van der Waals surface area contributed by atoms with E-state index in [9.17, 15) is 18.8 Å². The Bertz CT molecular complexity index is 1220. The van der Waals surface area contributed by atoms with Gasteiger partial charge in [-0.1, -0.05) is 18.2 Å². The summed E-state index contributed by atoms with van der Waals surface area (Å²) >= 11 is 1.31. The van der Waals surface area contributed by atoms with Gasteiger partial charge in [0, 0.05) is 31.7 Å². The minimum atomic E-state index is -0.633. The van der Waals surface area contributed by atoms with Crippen LogP contribution in [0.25, 0.3) is 0 Å². The highest BCUT2D eigenvalue weighted by Crippen LogP contribution is 2.40. The normalized spacial score (nSPS) is 18.1. The molecular weight excluding hydrogens is 455 g/mol. The van der Waals surface area contributed by atoms with E-state index in [1.807, 2.05) is 5.38 Å². The molecule has 1 unspecified atom stereocenters. The zero-order valence-electron chi connectivity index (χ0n) is 18.3. The van der Waals surface area contributed by atoms with Crippen molar-refractivity contribution in [2.24, 2.45) is 0 Å².